The van der Waals surface area contributed by atoms with Gasteiger partial charge in [-0.1, -0.05) is 53.0 Å². The summed E-state index contributed by atoms with van der Waals surface area (Å²) in [6.07, 6.45) is 3.45. The van der Waals surface area contributed by atoms with Crippen LogP contribution in [0.5, 0.6) is 11.5 Å². The zero-order valence-electron chi connectivity index (χ0n) is 14.9. The molecule has 0 bridgehead atoms. The summed E-state index contributed by atoms with van der Waals surface area (Å²) in [5.41, 5.74) is 1.77. The first-order chi connectivity index (χ1) is 14.1. The summed E-state index contributed by atoms with van der Waals surface area (Å²) >= 11 is 19.9. The van der Waals surface area contributed by atoms with Crippen molar-refractivity contribution in [2.45, 2.75) is 4.90 Å². The van der Waals surface area contributed by atoms with E-state index in [-0.39, 0.29) is 0 Å². The molecule has 0 aliphatic rings. The van der Waals surface area contributed by atoms with Crippen molar-refractivity contribution in [3.05, 3.63) is 94.2 Å². The zero-order chi connectivity index (χ0) is 20.2. The lowest BCUT2D eigenvalue weighted by molar-refractivity contribution is 0.483. The Hall–Kier alpha value is -2.31. The number of para-hydroxylation sites is 1. The van der Waals surface area contributed by atoms with Gasteiger partial charge in [-0.05, 0) is 60.5 Å². The van der Waals surface area contributed by atoms with E-state index >= 15 is 0 Å². The van der Waals surface area contributed by atoms with Crippen molar-refractivity contribution in [3.8, 4) is 17.2 Å². The number of ether oxygens (including phenoxy) is 1. The van der Waals surface area contributed by atoms with Gasteiger partial charge in [0.2, 0.25) is 0 Å². The van der Waals surface area contributed by atoms with Crippen LogP contribution in [0.25, 0.3) is 5.69 Å². The Morgan fingerprint density at radius 3 is 2.48 bits per heavy atom. The Balaban J connectivity index is 1.43. The molecule has 4 rings (SSSR count). The van der Waals surface area contributed by atoms with Gasteiger partial charge in [-0.2, -0.15) is 5.10 Å². The quantitative estimate of drug-likeness (QED) is 0.297. The van der Waals surface area contributed by atoms with E-state index in [0.29, 0.717) is 26.6 Å². The monoisotopic (exact) mass is 461 g/mol. The van der Waals surface area contributed by atoms with Crippen molar-refractivity contribution in [3.63, 3.8) is 0 Å². The van der Waals surface area contributed by atoms with Crippen LogP contribution in [0.1, 0.15) is 0 Å². The van der Waals surface area contributed by atoms with E-state index in [9.17, 15) is 0 Å². The molecule has 0 unspecified atom stereocenters. The fourth-order valence-electron chi connectivity index (χ4n) is 2.53. The molecular formula is C21H14Cl3N3OS. The van der Waals surface area contributed by atoms with Crippen molar-refractivity contribution in [2.24, 2.45) is 0 Å². The van der Waals surface area contributed by atoms with E-state index in [1.807, 2.05) is 42.5 Å². The number of halogens is 3. The van der Waals surface area contributed by atoms with Crippen LogP contribution in [0.4, 0.5) is 5.69 Å². The molecule has 0 atom stereocenters. The van der Waals surface area contributed by atoms with Crippen LogP contribution in [-0.4, -0.2) is 9.78 Å². The van der Waals surface area contributed by atoms with E-state index in [0.717, 1.165) is 16.3 Å². The van der Waals surface area contributed by atoms with Gasteiger partial charge in [-0.25, -0.2) is 4.68 Å². The van der Waals surface area contributed by atoms with Gasteiger partial charge in [0.15, 0.2) is 5.75 Å². The standard InChI is InChI=1S/C21H14Cl3N3OS/c22-14-6-9-21(19(24)10-14)29-26-15-7-8-20(18(23)11-15)28-17-12-25-27(13-17)16-4-2-1-3-5-16/h1-13,26H. The lowest BCUT2D eigenvalue weighted by Crippen LogP contribution is -1.92. The fourth-order valence-corrected chi connectivity index (χ4v) is 3.92. The summed E-state index contributed by atoms with van der Waals surface area (Å²) in [6, 6.07) is 20.6. The fraction of sp³-hybridized carbons (Fsp3) is 0. The van der Waals surface area contributed by atoms with E-state index in [4.69, 9.17) is 39.5 Å². The van der Waals surface area contributed by atoms with Gasteiger partial charge in [0, 0.05) is 15.6 Å². The van der Waals surface area contributed by atoms with Crippen molar-refractivity contribution < 1.29 is 4.74 Å². The Kier molecular flexibility index (Phi) is 6.21. The van der Waals surface area contributed by atoms with Crippen LogP contribution in [0.3, 0.4) is 0 Å². The van der Waals surface area contributed by atoms with Gasteiger partial charge >= 0.3 is 0 Å². The van der Waals surface area contributed by atoms with E-state index < -0.39 is 0 Å². The molecule has 4 aromatic rings. The van der Waals surface area contributed by atoms with E-state index in [1.165, 1.54) is 11.9 Å². The first kappa shape index (κ1) is 20.0. The maximum Gasteiger partial charge on any atom is 0.165 e. The molecule has 0 radical (unpaired) electrons. The molecule has 0 spiro atoms. The van der Waals surface area contributed by atoms with Gasteiger partial charge in [0.05, 0.1) is 28.1 Å². The minimum Gasteiger partial charge on any atom is -0.452 e. The average Bonchev–Trinajstić information content (AvgIpc) is 3.18. The molecule has 0 aliphatic heterocycles. The van der Waals surface area contributed by atoms with E-state index in [1.54, 1.807) is 41.3 Å². The Morgan fingerprint density at radius 1 is 0.897 bits per heavy atom. The second-order valence-corrected chi connectivity index (χ2v) is 8.08. The molecular weight excluding hydrogens is 449 g/mol. The van der Waals surface area contributed by atoms with Crippen molar-refractivity contribution in [1.29, 1.82) is 0 Å². The SMILES string of the molecule is Clc1ccc(SNc2ccc(Oc3cnn(-c4ccccc4)c3)c(Cl)c2)c(Cl)c1. The van der Waals surface area contributed by atoms with Crippen molar-refractivity contribution >= 4 is 52.4 Å². The minimum atomic E-state index is 0.477. The number of nitrogens with zero attached hydrogens (tertiary/aromatic N) is 2. The highest BCUT2D eigenvalue weighted by Gasteiger charge is 2.08. The topological polar surface area (TPSA) is 39.1 Å². The predicted molar refractivity (Wildman–Crippen MR) is 121 cm³/mol. The zero-order valence-corrected chi connectivity index (χ0v) is 17.9. The molecule has 146 valence electrons. The maximum absolute atomic E-state index is 6.39. The third-order valence-corrected chi connectivity index (χ3v) is 5.78. The van der Waals surface area contributed by atoms with Gasteiger partial charge in [-0.15, -0.1) is 0 Å². The molecule has 1 aromatic heterocycles. The second kappa shape index (κ2) is 9.01. The van der Waals surface area contributed by atoms with Gasteiger partial charge < -0.3 is 9.46 Å². The third kappa shape index (κ3) is 5.00. The summed E-state index contributed by atoms with van der Waals surface area (Å²) in [4.78, 5) is 0.862. The molecule has 0 amide bonds. The smallest absolute Gasteiger partial charge is 0.165 e. The Labute approximate surface area is 187 Å². The number of benzene rings is 3. The lowest BCUT2D eigenvalue weighted by Gasteiger charge is -2.10. The van der Waals surface area contributed by atoms with Crippen LogP contribution in [0.2, 0.25) is 15.1 Å². The van der Waals surface area contributed by atoms with Crippen LogP contribution in [0.15, 0.2) is 84.0 Å². The summed E-state index contributed by atoms with van der Waals surface area (Å²) < 4.78 is 10.8. The molecule has 0 aliphatic carbocycles. The first-order valence-corrected chi connectivity index (χ1v) is 10.5. The third-order valence-electron chi connectivity index (χ3n) is 3.91. The Bertz CT molecular complexity index is 1140. The lowest BCUT2D eigenvalue weighted by atomic mass is 10.3. The van der Waals surface area contributed by atoms with Crippen LogP contribution >= 0.6 is 46.8 Å². The normalized spacial score (nSPS) is 10.7. The maximum atomic E-state index is 6.39. The number of nitrogens with one attached hydrogen (secondary N) is 1. The number of anilines is 1. The van der Waals surface area contributed by atoms with Crippen LogP contribution in [0, 0.1) is 0 Å². The molecule has 3 aromatic carbocycles. The number of hydrogen-bond donors (Lipinski definition) is 1. The Morgan fingerprint density at radius 2 is 1.72 bits per heavy atom. The second-order valence-electron chi connectivity index (χ2n) is 5.98. The average molecular weight is 463 g/mol. The number of aromatic nitrogens is 2. The largest absolute Gasteiger partial charge is 0.452 e. The van der Waals surface area contributed by atoms with Crippen LogP contribution < -0.4 is 9.46 Å². The summed E-state index contributed by atoms with van der Waals surface area (Å²) in [5, 5.41) is 5.97. The highest BCUT2D eigenvalue weighted by Crippen LogP contribution is 2.35. The van der Waals surface area contributed by atoms with Gasteiger partial charge in [0.1, 0.15) is 5.75 Å². The molecule has 29 heavy (non-hydrogen) atoms. The van der Waals surface area contributed by atoms with Crippen molar-refractivity contribution in [1.82, 2.24) is 9.78 Å². The highest BCUT2D eigenvalue weighted by molar-refractivity contribution is 8.00. The number of hydrogen-bond acceptors (Lipinski definition) is 4. The summed E-state index contributed by atoms with van der Waals surface area (Å²) in [7, 11) is 0. The first-order valence-electron chi connectivity index (χ1n) is 8.54. The van der Waals surface area contributed by atoms with Crippen molar-refractivity contribution in [2.75, 3.05) is 4.72 Å². The molecule has 1 N–H and O–H groups in total. The van der Waals surface area contributed by atoms with E-state index in [2.05, 4.69) is 9.82 Å². The van der Waals surface area contributed by atoms with Gasteiger partial charge in [-0.3, -0.25) is 0 Å². The number of rotatable bonds is 6. The molecule has 1 heterocycles. The molecule has 4 nitrogen and oxygen atoms in total. The molecule has 0 saturated heterocycles. The molecule has 0 fully saturated rings. The summed E-state index contributed by atoms with van der Waals surface area (Å²) in [5.74, 6) is 1.14. The molecule has 0 saturated carbocycles. The molecule has 8 heteroatoms. The predicted octanol–water partition coefficient (Wildman–Crippen LogP) is 7.74. The van der Waals surface area contributed by atoms with Gasteiger partial charge in [0.25, 0.3) is 0 Å². The minimum absolute atomic E-state index is 0.477. The highest BCUT2D eigenvalue weighted by atomic mass is 35.5. The summed E-state index contributed by atoms with van der Waals surface area (Å²) in [6.45, 7) is 0. The van der Waals surface area contributed by atoms with Crippen LogP contribution in [-0.2, 0) is 0 Å².